The van der Waals surface area contributed by atoms with E-state index in [1.54, 1.807) is 0 Å². The zero-order chi connectivity index (χ0) is 22.8. The average Bonchev–Trinajstić information content (AvgIpc) is 3.38. The van der Waals surface area contributed by atoms with Gasteiger partial charge >= 0.3 is 0 Å². The second-order valence-corrected chi connectivity index (χ2v) is 9.54. The van der Waals surface area contributed by atoms with Gasteiger partial charge in [0.1, 0.15) is 5.82 Å². The number of fused-ring (bicyclic) bond motifs is 1. The fourth-order valence-corrected chi connectivity index (χ4v) is 4.80. The highest BCUT2D eigenvalue weighted by molar-refractivity contribution is 5.78. The van der Waals surface area contributed by atoms with Crippen LogP contribution >= 0.6 is 0 Å². The Labute approximate surface area is 190 Å². The molecule has 4 rings (SSSR count). The topological polar surface area (TPSA) is 42.0 Å². The molecule has 0 unspecified atom stereocenters. The summed E-state index contributed by atoms with van der Waals surface area (Å²) in [6.45, 7) is 11.6. The number of benzene rings is 2. The molecule has 0 saturated carbocycles. The van der Waals surface area contributed by atoms with Gasteiger partial charge in [0.15, 0.2) is 11.5 Å². The summed E-state index contributed by atoms with van der Waals surface area (Å²) < 4.78 is 24.5. The van der Waals surface area contributed by atoms with Gasteiger partial charge in [-0.15, -0.1) is 0 Å². The summed E-state index contributed by atoms with van der Waals surface area (Å²) in [7, 11) is 0. The largest absolute Gasteiger partial charge is 0.454 e. The summed E-state index contributed by atoms with van der Waals surface area (Å²) in [6.07, 6.45) is 0. The fraction of sp³-hybridized carbons (Fsp3) is 0.500. The monoisotopic (exact) mass is 440 g/mol. The summed E-state index contributed by atoms with van der Waals surface area (Å²) >= 11 is 0. The Bertz CT molecular complexity index is 945. The lowest BCUT2D eigenvalue weighted by atomic mass is 9.88. The Morgan fingerprint density at radius 2 is 1.78 bits per heavy atom. The molecule has 172 valence electrons. The smallest absolute Gasteiger partial charge is 0.231 e. The molecule has 1 saturated heterocycles. The molecule has 0 N–H and O–H groups in total. The number of carbonyl (C=O) groups is 1. The number of ether oxygens (including phenoxy) is 2. The molecule has 2 aliphatic heterocycles. The van der Waals surface area contributed by atoms with Gasteiger partial charge in [0.05, 0.1) is 0 Å². The number of hydrogen-bond donors (Lipinski definition) is 0. The molecule has 2 aromatic carbocycles. The molecule has 5 nitrogen and oxygen atoms in total. The van der Waals surface area contributed by atoms with Gasteiger partial charge in [-0.1, -0.05) is 32.0 Å². The molecule has 0 spiro atoms. The maximum Gasteiger partial charge on any atom is 0.231 e. The van der Waals surface area contributed by atoms with Gasteiger partial charge in [-0.3, -0.25) is 9.69 Å². The van der Waals surface area contributed by atoms with Crippen molar-refractivity contribution in [3.05, 3.63) is 59.4 Å². The third kappa shape index (κ3) is 4.90. The van der Waals surface area contributed by atoms with Crippen molar-refractivity contribution >= 4 is 5.91 Å². The maximum atomic E-state index is 13.6. The molecule has 2 aromatic rings. The minimum atomic E-state index is -0.223. The first-order valence-corrected chi connectivity index (χ1v) is 11.5. The van der Waals surface area contributed by atoms with Crippen LogP contribution in [0.25, 0.3) is 0 Å². The standard InChI is InChI=1S/C26H33FN2O3/c1-17(2)26(30)29(18(3)4)14-21-13-28(15-23(21)20-6-8-22(27)9-7-20)12-19-5-10-24-25(11-19)32-16-31-24/h5-11,17-18,21,23H,12-16H2,1-4H3/t21-,23-/m0/s1. The van der Waals surface area contributed by atoms with Crippen LogP contribution in [-0.4, -0.2) is 48.2 Å². The van der Waals surface area contributed by atoms with E-state index in [0.29, 0.717) is 6.54 Å². The molecule has 0 aromatic heterocycles. The average molecular weight is 441 g/mol. The SMILES string of the molecule is CC(C)C(=O)N(C[C@@H]1CN(Cc2ccc3c(c2)OCO3)C[C@H]1c1ccc(F)cc1)C(C)C. The lowest BCUT2D eigenvalue weighted by molar-refractivity contribution is -0.136. The molecular formula is C26H33FN2O3. The lowest BCUT2D eigenvalue weighted by Gasteiger charge is -2.33. The third-order valence-corrected chi connectivity index (χ3v) is 6.49. The molecule has 0 aliphatic carbocycles. The Morgan fingerprint density at radius 3 is 2.47 bits per heavy atom. The summed E-state index contributed by atoms with van der Waals surface area (Å²) in [5.74, 6) is 2.03. The van der Waals surface area contributed by atoms with Crippen molar-refractivity contribution in [1.29, 1.82) is 0 Å². The molecule has 2 atom stereocenters. The van der Waals surface area contributed by atoms with E-state index >= 15 is 0 Å². The van der Waals surface area contributed by atoms with Crippen LogP contribution in [-0.2, 0) is 11.3 Å². The number of hydrogen-bond acceptors (Lipinski definition) is 4. The van der Waals surface area contributed by atoms with Gasteiger partial charge in [0.2, 0.25) is 12.7 Å². The first kappa shape index (κ1) is 22.6. The molecule has 0 bridgehead atoms. The number of halogens is 1. The van der Waals surface area contributed by atoms with Crippen molar-refractivity contribution < 1.29 is 18.7 Å². The van der Waals surface area contributed by atoms with E-state index in [2.05, 4.69) is 24.8 Å². The summed E-state index contributed by atoms with van der Waals surface area (Å²) in [5.41, 5.74) is 2.30. The van der Waals surface area contributed by atoms with E-state index in [9.17, 15) is 9.18 Å². The number of amides is 1. The van der Waals surface area contributed by atoms with Gasteiger partial charge in [-0.05, 0) is 55.2 Å². The van der Waals surface area contributed by atoms with Gasteiger partial charge in [-0.25, -0.2) is 4.39 Å². The number of nitrogens with zero attached hydrogens (tertiary/aromatic N) is 2. The molecule has 1 fully saturated rings. The lowest BCUT2D eigenvalue weighted by Crippen LogP contribution is -2.43. The molecule has 0 radical (unpaired) electrons. The van der Waals surface area contributed by atoms with Crippen LogP contribution in [0.15, 0.2) is 42.5 Å². The normalized spacial score (nSPS) is 20.3. The van der Waals surface area contributed by atoms with Crippen LogP contribution in [0.1, 0.15) is 44.7 Å². The van der Waals surface area contributed by atoms with Gasteiger partial charge in [-0.2, -0.15) is 0 Å². The zero-order valence-corrected chi connectivity index (χ0v) is 19.4. The Kier molecular flexibility index (Phi) is 6.70. The fourth-order valence-electron chi connectivity index (χ4n) is 4.80. The van der Waals surface area contributed by atoms with Crippen LogP contribution in [0, 0.1) is 17.7 Å². The molecular weight excluding hydrogens is 407 g/mol. The highest BCUT2D eigenvalue weighted by Gasteiger charge is 2.36. The maximum absolute atomic E-state index is 13.6. The van der Waals surface area contributed by atoms with Gasteiger partial charge < -0.3 is 14.4 Å². The van der Waals surface area contributed by atoms with Crippen LogP contribution < -0.4 is 9.47 Å². The summed E-state index contributed by atoms with van der Waals surface area (Å²) in [5, 5.41) is 0. The van der Waals surface area contributed by atoms with Crippen molar-refractivity contribution in [3.8, 4) is 11.5 Å². The van der Waals surface area contributed by atoms with E-state index in [1.165, 1.54) is 17.7 Å². The van der Waals surface area contributed by atoms with Gasteiger partial charge in [0.25, 0.3) is 0 Å². The molecule has 2 aliphatic rings. The Balaban J connectivity index is 1.54. The van der Waals surface area contributed by atoms with E-state index in [1.807, 2.05) is 43.0 Å². The third-order valence-electron chi connectivity index (χ3n) is 6.49. The van der Waals surface area contributed by atoms with E-state index in [4.69, 9.17) is 9.47 Å². The highest BCUT2D eigenvalue weighted by atomic mass is 19.1. The van der Waals surface area contributed by atoms with Crippen molar-refractivity contribution in [3.63, 3.8) is 0 Å². The second kappa shape index (κ2) is 9.49. The van der Waals surface area contributed by atoms with E-state index < -0.39 is 0 Å². The summed E-state index contributed by atoms with van der Waals surface area (Å²) in [4.78, 5) is 17.3. The molecule has 6 heteroatoms. The van der Waals surface area contributed by atoms with Gasteiger partial charge in [0, 0.05) is 44.1 Å². The minimum Gasteiger partial charge on any atom is -0.454 e. The first-order valence-electron chi connectivity index (χ1n) is 11.5. The second-order valence-electron chi connectivity index (χ2n) is 9.54. The van der Waals surface area contributed by atoms with Crippen molar-refractivity contribution in [1.82, 2.24) is 9.80 Å². The van der Waals surface area contributed by atoms with E-state index in [0.717, 1.165) is 36.7 Å². The zero-order valence-electron chi connectivity index (χ0n) is 19.4. The molecule has 1 amide bonds. The molecule has 2 heterocycles. The van der Waals surface area contributed by atoms with Crippen molar-refractivity contribution in [2.24, 2.45) is 11.8 Å². The minimum absolute atomic E-state index is 0.0344. The highest BCUT2D eigenvalue weighted by Crippen LogP contribution is 2.37. The van der Waals surface area contributed by atoms with Crippen molar-refractivity contribution in [2.75, 3.05) is 26.4 Å². The van der Waals surface area contributed by atoms with E-state index in [-0.39, 0.29) is 42.3 Å². The first-order chi connectivity index (χ1) is 15.3. The number of rotatable bonds is 7. The van der Waals surface area contributed by atoms with Crippen LogP contribution in [0.5, 0.6) is 11.5 Å². The molecule has 32 heavy (non-hydrogen) atoms. The predicted molar refractivity (Wildman–Crippen MR) is 122 cm³/mol. The predicted octanol–water partition coefficient (Wildman–Crippen LogP) is 4.66. The number of carbonyl (C=O) groups excluding carboxylic acids is 1. The summed E-state index contributed by atoms with van der Waals surface area (Å²) in [6, 6.07) is 13.1. The quantitative estimate of drug-likeness (QED) is 0.628. The van der Waals surface area contributed by atoms with Crippen LogP contribution in [0.3, 0.4) is 0 Å². The van der Waals surface area contributed by atoms with Crippen LogP contribution in [0.2, 0.25) is 0 Å². The Hall–Kier alpha value is -2.60. The van der Waals surface area contributed by atoms with Crippen LogP contribution in [0.4, 0.5) is 4.39 Å². The number of likely N-dealkylation sites (tertiary alicyclic amines) is 1. The Morgan fingerprint density at radius 1 is 1.06 bits per heavy atom. The van der Waals surface area contributed by atoms with Crippen molar-refractivity contribution in [2.45, 2.75) is 46.2 Å².